The molecule has 0 saturated carbocycles. The van der Waals surface area contributed by atoms with Crippen molar-refractivity contribution in [2.45, 2.75) is 37.5 Å². The largest absolute Gasteiger partial charge is 0.490 e. The number of nitrogens with zero attached hydrogens (tertiary/aromatic N) is 1. The molecule has 0 aliphatic carbocycles. The maximum absolute atomic E-state index is 13.9. The topological polar surface area (TPSA) is 109 Å². The van der Waals surface area contributed by atoms with Gasteiger partial charge in [-0.3, -0.25) is 9.59 Å². The average molecular weight is 567 g/mol. The number of nitrogens with one attached hydrogen (secondary N) is 3. The Morgan fingerprint density at radius 3 is 2.60 bits per heavy atom. The van der Waals surface area contributed by atoms with Gasteiger partial charge in [0, 0.05) is 23.4 Å². The van der Waals surface area contributed by atoms with E-state index >= 15 is 0 Å². The van der Waals surface area contributed by atoms with Gasteiger partial charge in [-0.05, 0) is 61.4 Å². The molecule has 2 aliphatic rings. The van der Waals surface area contributed by atoms with Gasteiger partial charge in [0.15, 0.2) is 0 Å². The lowest BCUT2D eigenvalue weighted by Crippen LogP contribution is -2.53. The van der Waals surface area contributed by atoms with Crippen LogP contribution in [0.25, 0.3) is 0 Å². The molecule has 9 nitrogen and oxygen atoms in total. The molecule has 208 valence electrons. The summed E-state index contributed by atoms with van der Waals surface area (Å²) in [5.74, 6) is -0.691. The van der Waals surface area contributed by atoms with Crippen molar-refractivity contribution in [1.82, 2.24) is 4.90 Å². The summed E-state index contributed by atoms with van der Waals surface area (Å²) in [6.45, 7) is 0.183. The van der Waals surface area contributed by atoms with Crippen molar-refractivity contribution in [3.05, 3.63) is 83.1 Å². The highest BCUT2D eigenvalue weighted by molar-refractivity contribution is 6.30. The van der Waals surface area contributed by atoms with Gasteiger partial charge in [-0.2, -0.15) is 0 Å². The first-order valence-electron chi connectivity index (χ1n) is 12.8. The molecule has 3 N–H and O–H groups in total. The zero-order valence-corrected chi connectivity index (χ0v) is 22.4. The predicted octanol–water partition coefficient (Wildman–Crippen LogP) is 5.53. The number of likely N-dealkylation sites (N-methyl/N-ethyl adjacent to an activating group) is 1. The fourth-order valence-electron chi connectivity index (χ4n) is 4.94. The van der Waals surface area contributed by atoms with E-state index in [1.807, 2.05) is 0 Å². The molecule has 0 aromatic heterocycles. The van der Waals surface area contributed by atoms with Gasteiger partial charge in [0.1, 0.15) is 24.3 Å². The summed E-state index contributed by atoms with van der Waals surface area (Å²) in [5.41, 5.74) is 1.28. The number of urea groups is 1. The van der Waals surface area contributed by atoms with Crippen molar-refractivity contribution < 1.29 is 28.2 Å². The number of rotatable bonds is 5. The zero-order chi connectivity index (χ0) is 28.2. The Bertz CT molecular complexity index is 1440. The molecular weight excluding hydrogens is 539 g/mol. The number of carbonyl (C=O) groups excluding carboxylic acids is 3. The molecular formula is C29H28ClFN4O5. The summed E-state index contributed by atoms with van der Waals surface area (Å²) in [6, 6.07) is 16.6. The quantitative estimate of drug-likeness (QED) is 0.376. The number of ether oxygens (including phenoxy) is 2. The fourth-order valence-corrected chi connectivity index (χ4v) is 5.13. The lowest BCUT2D eigenvalue weighted by atomic mass is 9.94. The molecule has 3 atom stereocenters. The smallest absolute Gasteiger partial charge is 0.323 e. The molecule has 4 amide bonds. The summed E-state index contributed by atoms with van der Waals surface area (Å²) in [5, 5.41) is 8.44. The number of para-hydroxylation sites is 1. The van der Waals surface area contributed by atoms with E-state index < -0.39 is 18.0 Å². The van der Waals surface area contributed by atoms with E-state index in [2.05, 4.69) is 16.0 Å². The second-order valence-corrected chi connectivity index (χ2v) is 10.1. The van der Waals surface area contributed by atoms with Gasteiger partial charge in [-0.1, -0.05) is 29.8 Å². The van der Waals surface area contributed by atoms with E-state index in [4.69, 9.17) is 21.1 Å². The molecule has 1 fully saturated rings. The Morgan fingerprint density at radius 2 is 1.80 bits per heavy atom. The second-order valence-electron chi connectivity index (χ2n) is 9.70. The normalized spacial score (nSPS) is 20.2. The van der Waals surface area contributed by atoms with E-state index in [0.717, 1.165) is 0 Å². The minimum absolute atomic E-state index is 0.0361. The number of anilines is 3. The molecule has 2 heterocycles. The van der Waals surface area contributed by atoms with Crippen molar-refractivity contribution in [3.63, 3.8) is 0 Å². The molecule has 3 aromatic carbocycles. The summed E-state index contributed by atoms with van der Waals surface area (Å²) in [4.78, 5) is 40.1. The molecule has 5 rings (SSSR count). The lowest BCUT2D eigenvalue weighted by Gasteiger charge is -2.42. The number of halogens is 2. The van der Waals surface area contributed by atoms with Crippen LogP contribution >= 0.6 is 11.6 Å². The summed E-state index contributed by atoms with van der Waals surface area (Å²) < 4.78 is 26.1. The zero-order valence-electron chi connectivity index (χ0n) is 21.7. The first-order valence-corrected chi connectivity index (χ1v) is 13.2. The first-order chi connectivity index (χ1) is 19.3. The van der Waals surface area contributed by atoms with Crippen LogP contribution in [0.5, 0.6) is 5.75 Å². The minimum Gasteiger partial charge on any atom is -0.490 e. The highest BCUT2D eigenvalue weighted by atomic mass is 35.5. The molecule has 0 radical (unpaired) electrons. The van der Waals surface area contributed by atoms with Gasteiger partial charge in [0.2, 0.25) is 5.91 Å². The maximum Gasteiger partial charge on any atom is 0.323 e. The van der Waals surface area contributed by atoms with Gasteiger partial charge >= 0.3 is 6.03 Å². The Morgan fingerprint density at radius 1 is 1.00 bits per heavy atom. The van der Waals surface area contributed by atoms with Crippen molar-refractivity contribution in [2.24, 2.45) is 0 Å². The van der Waals surface area contributed by atoms with Crippen molar-refractivity contribution in [3.8, 4) is 5.75 Å². The van der Waals surface area contributed by atoms with Crippen LogP contribution in [0.3, 0.4) is 0 Å². The average Bonchev–Trinajstić information content (AvgIpc) is 2.92. The minimum atomic E-state index is -0.649. The molecule has 2 aliphatic heterocycles. The van der Waals surface area contributed by atoms with E-state index in [1.54, 1.807) is 54.4 Å². The van der Waals surface area contributed by atoms with E-state index in [1.165, 1.54) is 24.3 Å². The summed E-state index contributed by atoms with van der Waals surface area (Å²) in [7, 11) is 1.70. The second kappa shape index (κ2) is 11.9. The van der Waals surface area contributed by atoms with Gasteiger partial charge in [-0.15, -0.1) is 0 Å². The standard InChI is InChI=1S/C29H28ClFN4O5/c1-35-24-11-10-20(15-27(36)32-18-6-4-5-17(30)13-18)40-26(24)16-39-25-12-9-19(14-21(25)28(35)37)33-29(38)34-23-8-3-2-7-22(23)31/h2-9,12-14,20,24,26H,10-11,15-16H2,1H3,(H,32,36)(H2,33,34,38)/t20-,24+,26-/m1/s1. The van der Waals surface area contributed by atoms with Crippen LogP contribution in [0.15, 0.2) is 66.7 Å². The summed E-state index contributed by atoms with van der Waals surface area (Å²) >= 11 is 6.00. The first kappa shape index (κ1) is 27.4. The molecule has 11 heteroatoms. The van der Waals surface area contributed by atoms with Gasteiger partial charge < -0.3 is 30.3 Å². The number of carbonyl (C=O) groups is 3. The van der Waals surface area contributed by atoms with Crippen LogP contribution < -0.4 is 20.7 Å². The number of benzene rings is 3. The highest BCUT2D eigenvalue weighted by Gasteiger charge is 2.39. The van der Waals surface area contributed by atoms with Crippen LogP contribution in [0.4, 0.5) is 26.2 Å². The van der Waals surface area contributed by atoms with Crippen molar-refractivity contribution in [2.75, 3.05) is 29.6 Å². The Labute approximate surface area is 235 Å². The van der Waals surface area contributed by atoms with Gasteiger partial charge in [-0.25, -0.2) is 9.18 Å². The fraction of sp³-hybridized carbons (Fsp3) is 0.276. The third-order valence-electron chi connectivity index (χ3n) is 6.91. The Kier molecular flexibility index (Phi) is 8.18. The number of hydrogen-bond donors (Lipinski definition) is 3. The SMILES string of the molecule is CN1C(=O)c2cc(NC(=O)Nc3ccccc3F)ccc2OC[C@H]2O[C@@H](CC(=O)Nc3cccc(Cl)c3)CC[C@@H]21. The van der Waals surface area contributed by atoms with Gasteiger partial charge in [0.05, 0.1) is 29.8 Å². The van der Waals surface area contributed by atoms with Crippen molar-refractivity contribution >= 4 is 46.5 Å². The molecule has 40 heavy (non-hydrogen) atoms. The number of hydrogen-bond acceptors (Lipinski definition) is 5. The van der Waals surface area contributed by atoms with Crippen LogP contribution in [0.2, 0.25) is 5.02 Å². The number of fused-ring (bicyclic) bond motifs is 2. The highest BCUT2D eigenvalue weighted by Crippen LogP contribution is 2.33. The third-order valence-corrected chi connectivity index (χ3v) is 7.15. The van der Waals surface area contributed by atoms with E-state index in [9.17, 15) is 18.8 Å². The molecule has 0 bridgehead atoms. The molecule has 1 saturated heterocycles. The Hall–Kier alpha value is -4.15. The van der Waals surface area contributed by atoms with Crippen LogP contribution in [0.1, 0.15) is 29.6 Å². The number of amides is 4. The monoisotopic (exact) mass is 566 g/mol. The molecule has 0 unspecified atom stereocenters. The van der Waals surface area contributed by atoms with E-state index in [0.29, 0.717) is 35.0 Å². The third kappa shape index (κ3) is 6.35. The van der Waals surface area contributed by atoms with E-state index in [-0.39, 0.29) is 48.2 Å². The van der Waals surface area contributed by atoms with Crippen LogP contribution in [-0.2, 0) is 9.53 Å². The molecule has 3 aromatic rings. The molecule has 0 spiro atoms. The van der Waals surface area contributed by atoms with Crippen molar-refractivity contribution in [1.29, 1.82) is 0 Å². The Balaban J connectivity index is 1.23. The van der Waals surface area contributed by atoms with Crippen LogP contribution in [0, 0.1) is 5.82 Å². The maximum atomic E-state index is 13.9. The predicted molar refractivity (Wildman–Crippen MR) is 149 cm³/mol. The van der Waals surface area contributed by atoms with Crippen LogP contribution in [-0.4, -0.2) is 54.6 Å². The lowest BCUT2D eigenvalue weighted by molar-refractivity contribution is -0.130. The summed E-state index contributed by atoms with van der Waals surface area (Å²) in [6.07, 6.45) is 0.625. The van der Waals surface area contributed by atoms with Gasteiger partial charge in [0.25, 0.3) is 5.91 Å².